The summed E-state index contributed by atoms with van der Waals surface area (Å²) in [4.78, 5) is 12.2. The third-order valence-corrected chi connectivity index (χ3v) is 4.43. The van der Waals surface area contributed by atoms with Gasteiger partial charge in [0.1, 0.15) is 5.71 Å². The standard InChI is InChI=1S/C22H18N4O/c27-21-15-10-16-6-4-5-9-20(16)22(21)26-25-19-13-11-18(12-14-19)24-23-17-7-2-1-3-8-17/h1-16,20,25H/b24-23+,26-22-. The topological polar surface area (TPSA) is 66.2 Å². The molecule has 2 atom stereocenters. The summed E-state index contributed by atoms with van der Waals surface area (Å²) in [7, 11) is 0. The molecule has 2 aromatic rings. The maximum atomic E-state index is 12.2. The highest BCUT2D eigenvalue weighted by Crippen LogP contribution is 2.27. The van der Waals surface area contributed by atoms with Crippen LogP contribution in [0.5, 0.6) is 0 Å². The first-order valence-corrected chi connectivity index (χ1v) is 8.77. The number of hydrazone groups is 1. The van der Waals surface area contributed by atoms with Crippen LogP contribution in [0, 0.1) is 11.8 Å². The Morgan fingerprint density at radius 3 is 2.26 bits per heavy atom. The highest BCUT2D eigenvalue weighted by atomic mass is 16.1. The first-order chi connectivity index (χ1) is 13.3. The molecule has 2 aliphatic rings. The fourth-order valence-corrected chi connectivity index (χ4v) is 3.00. The molecule has 0 saturated heterocycles. The van der Waals surface area contributed by atoms with Crippen molar-refractivity contribution in [1.29, 1.82) is 0 Å². The number of benzene rings is 2. The van der Waals surface area contributed by atoms with Crippen molar-refractivity contribution in [2.24, 2.45) is 27.2 Å². The molecule has 2 unspecified atom stereocenters. The summed E-state index contributed by atoms with van der Waals surface area (Å²) >= 11 is 0. The molecule has 2 aliphatic carbocycles. The fourth-order valence-electron chi connectivity index (χ4n) is 3.00. The zero-order valence-corrected chi connectivity index (χ0v) is 14.6. The van der Waals surface area contributed by atoms with Crippen molar-refractivity contribution in [3.05, 3.63) is 91.1 Å². The third kappa shape index (κ3) is 3.98. The van der Waals surface area contributed by atoms with Gasteiger partial charge in [-0.25, -0.2) is 0 Å². The Kier molecular flexibility index (Phi) is 4.83. The lowest BCUT2D eigenvalue weighted by Gasteiger charge is -2.25. The summed E-state index contributed by atoms with van der Waals surface area (Å²) in [6.07, 6.45) is 11.6. The Labute approximate surface area is 157 Å². The molecular weight excluding hydrogens is 336 g/mol. The van der Waals surface area contributed by atoms with E-state index in [0.29, 0.717) is 5.71 Å². The van der Waals surface area contributed by atoms with Gasteiger partial charge in [0.15, 0.2) is 0 Å². The van der Waals surface area contributed by atoms with Gasteiger partial charge >= 0.3 is 0 Å². The maximum Gasteiger partial charge on any atom is 0.202 e. The van der Waals surface area contributed by atoms with Crippen molar-refractivity contribution in [3.63, 3.8) is 0 Å². The molecule has 0 aromatic heterocycles. The van der Waals surface area contributed by atoms with E-state index in [9.17, 15) is 4.79 Å². The largest absolute Gasteiger partial charge is 0.288 e. The average Bonchev–Trinajstić information content (AvgIpc) is 2.73. The highest BCUT2D eigenvalue weighted by molar-refractivity contribution is 6.46. The van der Waals surface area contributed by atoms with Crippen LogP contribution in [0.1, 0.15) is 0 Å². The van der Waals surface area contributed by atoms with Crippen molar-refractivity contribution in [1.82, 2.24) is 0 Å². The molecule has 27 heavy (non-hydrogen) atoms. The van der Waals surface area contributed by atoms with E-state index < -0.39 is 0 Å². The lowest BCUT2D eigenvalue weighted by atomic mass is 9.79. The first kappa shape index (κ1) is 16.8. The summed E-state index contributed by atoms with van der Waals surface area (Å²) in [5.74, 6) is 0.116. The second-order valence-electron chi connectivity index (χ2n) is 6.29. The van der Waals surface area contributed by atoms with Crippen LogP contribution >= 0.6 is 0 Å². The van der Waals surface area contributed by atoms with E-state index in [2.05, 4.69) is 26.8 Å². The molecular formula is C22H18N4O. The first-order valence-electron chi connectivity index (χ1n) is 8.77. The van der Waals surface area contributed by atoms with Crippen LogP contribution < -0.4 is 5.43 Å². The zero-order chi connectivity index (χ0) is 18.5. The lowest BCUT2D eigenvalue weighted by Crippen LogP contribution is -2.31. The number of anilines is 1. The molecule has 132 valence electrons. The molecule has 1 N–H and O–H groups in total. The van der Waals surface area contributed by atoms with E-state index in [0.717, 1.165) is 17.1 Å². The number of hydrogen-bond acceptors (Lipinski definition) is 5. The second kappa shape index (κ2) is 7.74. The van der Waals surface area contributed by atoms with Crippen LogP contribution in [-0.2, 0) is 4.79 Å². The Morgan fingerprint density at radius 2 is 1.48 bits per heavy atom. The normalized spacial score (nSPS) is 22.4. The van der Waals surface area contributed by atoms with E-state index in [1.807, 2.05) is 78.9 Å². The van der Waals surface area contributed by atoms with Crippen molar-refractivity contribution in [2.75, 3.05) is 5.43 Å². The predicted molar refractivity (Wildman–Crippen MR) is 108 cm³/mol. The Bertz CT molecular complexity index is 969. The summed E-state index contributed by atoms with van der Waals surface area (Å²) in [6.45, 7) is 0. The Balaban J connectivity index is 1.45. The van der Waals surface area contributed by atoms with Gasteiger partial charge in [0.25, 0.3) is 0 Å². The number of nitrogens with one attached hydrogen (secondary N) is 1. The smallest absolute Gasteiger partial charge is 0.202 e. The van der Waals surface area contributed by atoms with Crippen molar-refractivity contribution in [3.8, 4) is 0 Å². The lowest BCUT2D eigenvalue weighted by molar-refractivity contribution is -0.109. The number of hydrogen-bond donors (Lipinski definition) is 1. The monoisotopic (exact) mass is 354 g/mol. The zero-order valence-electron chi connectivity index (χ0n) is 14.6. The van der Waals surface area contributed by atoms with Gasteiger partial charge in [-0.15, -0.1) is 0 Å². The molecule has 0 saturated carbocycles. The van der Waals surface area contributed by atoms with Crippen LogP contribution in [-0.4, -0.2) is 11.5 Å². The van der Waals surface area contributed by atoms with Crippen LogP contribution in [0.15, 0.2) is 106 Å². The minimum Gasteiger partial charge on any atom is -0.288 e. The number of fused-ring (bicyclic) bond motifs is 1. The minimum atomic E-state index is -0.0584. The molecule has 4 rings (SSSR count). The van der Waals surface area contributed by atoms with Gasteiger partial charge in [-0.05, 0) is 42.5 Å². The number of nitrogens with zero attached hydrogens (tertiary/aromatic N) is 3. The Morgan fingerprint density at radius 1 is 0.778 bits per heavy atom. The predicted octanol–water partition coefficient (Wildman–Crippen LogP) is 5.37. The highest BCUT2D eigenvalue weighted by Gasteiger charge is 2.29. The molecule has 0 radical (unpaired) electrons. The number of allylic oxidation sites excluding steroid dienone is 6. The average molecular weight is 354 g/mol. The molecule has 0 aliphatic heterocycles. The number of rotatable bonds is 4. The van der Waals surface area contributed by atoms with E-state index >= 15 is 0 Å². The summed E-state index contributed by atoms with van der Waals surface area (Å²) in [5.41, 5.74) is 5.84. The third-order valence-electron chi connectivity index (χ3n) is 4.43. The fraction of sp³-hybridized carbons (Fsp3) is 0.0909. The van der Waals surface area contributed by atoms with E-state index in [1.54, 1.807) is 6.08 Å². The molecule has 0 fully saturated rings. The number of azo groups is 1. The van der Waals surface area contributed by atoms with E-state index in [4.69, 9.17) is 0 Å². The van der Waals surface area contributed by atoms with Gasteiger partial charge in [-0.1, -0.05) is 48.6 Å². The Hall–Kier alpha value is -3.60. The van der Waals surface area contributed by atoms with Crippen molar-refractivity contribution < 1.29 is 4.79 Å². The van der Waals surface area contributed by atoms with Crippen LogP contribution in [0.25, 0.3) is 0 Å². The molecule has 5 heteroatoms. The van der Waals surface area contributed by atoms with E-state index in [-0.39, 0.29) is 17.6 Å². The molecule has 0 heterocycles. The van der Waals surface area contributed by atoms with Crippen molar-refractivity contribution >= 4 is 28.6 Å². The van der Waals surface area contributed by atoms with Gasteiger partial charge in [0.2, 0.25) is 5.78 Å². The summed E-state index contributed by atoms with van der Waals surface area (Å²) < 4.78 is 0. The van der Waals surface area contributed by atoms with Gasteiger partial charge in [-0.2, -0.15) is 15.3 Å². The maximum absolute atomic E-state index is 12.2. The van der Waals surface area contributed by atoms with Gasteiger partial charge in [-0.3, -0.25) is 10.2 Å². The molecule has 0 spiro atoms. The number of carbonyl (C=O) groups excluding carboxylic acids is 1. The summed E-state index contributed by atoms with van der Waals surface area (Å²) in [6, 6.07) is 17.0. The van der Waals surface area contributed by atoms with Crippen LogP contribution in [0.4, 0.5) is 17.1 Å². The quantitative estimate of drug-likeness (QED) is 0.593. The van der Waals surface area contributed by atoms with Gasteiger partial charge in [0, 0.05) is 11.8 Å². The van der Waals surface area contributed by atoms with Crippen LogP contribution in [0.2, 0.25) is 0 Å². The van der Waals surface area contributed by atoms with Crippen molar-refractivity contribution in [2.45, 2.75) is 0 Å². The second-order valence-corrected chi connectivity index (χ2v) is 6.29. The number of ketones is 1. The molecule has 2 aromatic carbocycles. The van der Waals surface area contributed by atoms with Crippen LogP contribution in [0.3, 0.4) is 0 Å². The van der Waals surface area contributed by atoms with Gasteiger partial charge < -0.3 is 0 Å². The van der Waals surface area contributed by atoms with E-state index in [1.165, 1.54) is 0 Å². The molecule has 0 bridgehead atoms. The number of carbonyl (C=O) groups is 1. The molecule has 5 nitrogen and oxygen atoms in total. The van der Waals surface area contributed by atoms with Gasteiger partial charge in [0.05, 0.1) is 17.1 Å². The SMILES string of the molecule is O=C1C=CC2C=CC=CC2/C1=N/Nc1ccc(/N=N/c2ccccc2)cc1. The molecule has 0 amide bonds. The summed E-state index contributed by atoms with van der Waals surface area (Å²) in [5, 5.41) is 12.8. The minimum absolute atomic E-state index is 0.0149.